The molecular formula is C18H28N2O6S2. The highest BCUT2D eigenvalue weighted by atomic mass is 32.2. The predicted octanol–water partition coefficient (Wildman–Crippen LogP) is 2.59. The van der Waals surface area contributed by atoms with Gasteiger partial charge in [-0.3, -0.25) is 20.4 Å². The molecule has 0 unspecified atom stereocenters. The van der Waals surface area contributed by atoms with Gasteiger partial charge in [-0.05, 0) is 43.0 Å². The largest absolute Gasteiger partial charge is 0.294 e. The second kappa shape index (κ2) is 11.9. The fraction of sp³-hybridized carbons (Fsp3) is 0.333. The first kappa shape index (κ1) is 26.2. The average molecular weight is 433 g/mol. The number of nitrogens with two attached hydrogens (primary N) is 1. The molecule has 0 amide bonds. The third-order valence-corrected chi connectivity index (χ3v) is 5.30. The highest BCUT2D eigenvalue weighted by Crippen LogP contribution is 2.13. The van der Waals surface area contributed by atoms with Crippen molar-refractivity contribution in [3.63, 3.8) is 0 Å². The Morgan fingerprint density at radius 3 is 1.29 bits per heavy atom. The molecule has 10 heteroatoms. The first-order valence-corrected chi connectivity index (χ1v) is 11.2. The lowest BCUT2D eigenvalue weighted by molar-refractivity contribution is 0.480. The van der Waals surface area contributed by atoms with Gasteiger partial charge in [-0.1, -0.05) is 50.2 Å². The summed E-state index contributed by atoms with van der Waals surface area (Å²) in [7, 11) is -8.07. The fourth-order valence-corrected chi connectivity index (χ4v) is 3.38. The van der Waals surface area contributed by atoms with E-state index in [1.807, 2.05) is 0 Å². The number of rotatable bonds is 4. The lowest BCUT2D eigenvalue weighted by atomic mass is 10.2. The van der Waals surface area contributed by atoms with E-state index in [4.69, 9.17) is 14.9 Å². The molecule has 8 nitrogen and oxygen atoms in total. The summed E-state index contributed by atoms with van der Waals surface area (Å²) in [4.78, 5) is -0.0556. The van der Waals surface area contributed by atoms with E-state index in [-0.39, 0.29) is 9.79 Å². The van der Waals surface area contributed by atoms with E-state index in [9.17, 15) is 16.8 Å². The van der Waals surface area contributed by atoms with Gasteiger partial charge in [0.25, 0.3) is 20.2 Å². The van der Waals surface area contributed by atoms with E-state index in [0.717, 1.165) is 6.54 Å². The van der Waals surface area contributed by atoms with Crippen LogP contribution in [0.15, 0.2) is 58.3 Å². The second-order valence-corrected chi connectivity index (χ2v) is 9.06. The van der Waals surface area contributed by atoms with Crippen molar-refractivity contribution in [3.05, 3.63) is 59.7 Å². The van der Waals surface area contributed by atoms with Crippen LogP contribution in [-0.2, 0) is 20.2 Å². The van der Waals surface area contributed by atoms with Crippen LogP contribution in [0.4, 0.5) is 0 Å². The number of nitrogens with one attached hydrogen (secondary N) is 1. The Bertz CT molecular complexity index is 869. The van der Waals surface area contributed by atoms with E-state index in [2.05, 4.69) is 19.3 Å². The normalized spacial score (nSPS) is 11.1. The van der Waals surface area contributed by atoms with E-state index in [0.29, 0.717) is 17.0 Å². The van der Waals surface area contributed by atoms with E-state index >= 15 is 0 Å². The molecule has 0 radical (unpaired) electrons. The maximum atomic E-state index is 10.6. The van der Waals surface area contributed by atoms with Gasteiger partial charge in [0, 0.05) is 6.54 Å². The molecule has 2 aromatic carbocycles. The molecule has 0 aliphatic heterocycles. The zero-order chi connectivity index (χ0) is 22.0. The zero-order valence-electron chi connectivity index (χ0n) is 16.3. The molecule has 28 heavy (non-hydrogen) atoms. The molecule has 0 bridgehead atoms. The SMILES string of the molecule is CC(C)CNN.Cc1ccccc1S(=O)(=O)O.Cc1ccccc1S(=O)(=O)O. The van der Waals surface area contributed by atoms with Gasteiger partial charge < -0.3 is 0 Å². The number of benzene rings is 2. The van der Waals surface area contributed by atoms with Gasteiger partial charge in [0.05, 0.1) is 9.79 Å². The first-order valence-electron chi connectivity index (χ1n) is 8.30. The van der Waals surface area contributed by atoms with Crippen molar-refractivity contribution in [1.82, 2.24) is 5.43 Å². The minimum absolute atomic E-state index is 0.0278. The van der Waals surface area contributed by atoms with Crippen LogP contribution in [0.1, 0.15) is 25.0 Å². The molecule has 0 aliphatic rings. The highest BCUT2D eigenvalue weighted by molar-refractivity contribution is 7.86. The van der Waals surface area contributed by atoms with Gasteiger partial charge in [0.2, 0.25) is 0 Å². The van der Waals surface area contributed by atoms with Gasteiger partial charge in [-0.25, -0.2) is 0 Å². The van der Waals surface area contributed by atoms with Crippen LogP contribution in [0.3, 0.4) is 0 Å². The summed E-state index contributed by atoms with van der Waals surface area (Å²) in [6.45, 7) is 8.38. The number of hydrogen-bond donors (Lipinski definition) is 4. The molecule has 0 aliphatic carbocycles. The van der Waals surface area contributed by atoms with Crippen molar-refractivity contribution in [2.75, 3.05) is 6.54 Å². The first-order chi connectivity index (χ1) is 12.8. The number of hydrazine groups is 1. The summed E-state index contributed by atoms with van der Waals surface area (Å²) < 4.78 is 59.7. The lowest BCUT2D eigenvalue weighted by Crippen LogP contribution is -2.26. The maximum absolute atomic E-state index is 10.6. The smallest absolute Gasteiger partial charge is 0.282 e. The van der Waals surface area contributed by atoms with E-state index in [1.165, 1.54) is 12.1 Å². The number of hydrogen-bond acceptors (Lipinski definition) is 6. The molecule has 0 atom stereocenters. The van der Waals surface area contributed by atoms with E-state index < -0.39 is 20.2 Å². The zero-order valence-corrected chi connectivity index (χ0v) is 18.0. The Hall–Kier alpha value is -1.82. The average Bonchev–Trinajstić information content (AvgIpc) is 2.54. The summed E-state index contributed by atoms with van der Waals surface area (Å²) in [6, 6.07) is 12.5. The Kier molecular flexibility index (Phi) is 11.1. The van der Waals surface area contributed by atoms with Crippen LogP contribution >= 0.6 is 0 Å². The van der Waals surface area contributed by atoms with Crippen molar-refractivity contribution in [3.8, 4) is 0 Å². The highest BCUT2D eigenvalue weighted by Gasteiger charge is 2.11. The van der Waals surface area contributed by atoms with Gasteiger partial charge in [0.1, 0.15) is 0 Å². The third kappa shape index (κ3) is 10.5. The van der Waals surface area contributed by atoms with Gasteiger partial charge >= 0.3 is 0 Å². The van der Waals surface area contributed by atoms with Crippen LogP contribution < -0.4 is 11.3 Å². The Labute approximate surface area is 167 Å². The quantitative estimate of drug-likeness (QED) is 0.327. The lowest BCUT2D eigenvalue weighted by Gasteiger charge is -1.99. The molecule has 0 fully saturated rings. The summed E-state index contributed by atoms with van der Waals surface area (Å²) >= 11 is 0. The Balaban J connectivity index is 0.000000411. The van der Waals surface area contributed by atoms with Crippen LogP contribution in [0, 0.1) is 19.8 Å². The molecule has 0 aromatic heterocycles. The van der Waals surface area contributed by atoms with Gasteiger partial charge in [0.15, 0.2) is 0 Å². The number of aryl methyl sites for hydroxylation is 2. The van der Waals surface area contributed by atoms with Crippen molar-refractivity contribution in [2.24, 2.45) is 11.8 Å². The molecule has 2 rings (SSSR count). The summed E-state index contributed by atoms with van der Waals surface area (Å²) in [5.74, 6) is 5.64. The second-order valence-electron chi connectivity index (χ2n) is 6.28. The minimum atomic E-state index is -4.03. The molecular weight excluding hydrogens is 404 g/mol. The predicted molar refractivity (Wildman–Crippen MR) is 109 cm³/mol. The van der Waals surface area contributed by atoms with Crippen LogP contribution in [0.25, 0.3) is 0 Å². The van der Waals surface area contributed by atoms with Crippen LogP contribution in [0.2, 0.25) is 0 Å². The van der Waals surface area contributed by atoms with Crippen LogP contribution in [0.5, 0.6) is 0 Å². The third-order valence-electron chi connectivity index (χ3n) is 3.27. The molecule has 5 N–H and O–H groups in total. The molecule has 0 saturated carbocycles. The Morgan fingerprint density at radius 2 is 1.14 bits per heavy atom. The van der Waals surface area contributed by atoms with Crippen molar-refractivity contribution in [1.29, 1.82) is 0 Å². The molecule has 2 aromatic rings. The standard InChI is InChI=1S/2C7H8O3S.C4H12N2/c2*1-6-4-2-3-5-7(6)11(8,9)10;1-4(2)3-6-5/h2*2-5H,1H3,(H,8,9,10);4,6H,3,5H2,1-2H3. The Morgan fingerprint density at radius 1 is 0.821 bits per heavy atom. The monoisotopic (exact) mass is 432 g/mol. The van der Waals surface area contributed by atoms with Crippen molar-refractivity contribution in [2.45, 2.75) is 37.5 Å². The van der Waals surface area contributed by atoms with Crippen molar-refractivity contribution >= 4 is 20.2 Å². The van der Waals surface area contributed by atoms with Gasteiger partial charge in [-0.15, -0.1) is 0 Å². The summed E-state index contributed by atoms with van der Waals surface area (Å²) in [6.07, 6.45) is 0. The summed E-state index contributed by atoms with van der Waals surface area (Å²) in [5, 5.41) is 0. The van der Waals surface area contributed by atoms with Crippen LogP contribution in [-0.4, -0.2) is 32.5 Å². The van der Waals surface area contributed by atoms with Crippen molar-refractivity contribution < 1.29 is 25.9 Å². The van der Waals surface area contributed by atoms with E-state index in [1.54, 1.807) is 50.2 Å². The molecule has 0 heterocycles. The maximum Gasteiger partial charge on any atom is 0.294 e. The minimum Gasteiger partial charge on any atom is -0.282 e. The molecule has 0 spiro atoms. The topological polar surface area (TPSA) is 147 Å². The van der Waals surface area contributed by atoms with Gasteiger partial charge in [-0.2, -0.15) is 16.8 Å². The fourth-order valence-electron chi connectivity index (χ4n) is 1.93. The molecule has 158 valence electrons. The summed E-state index contributed by atoms with van der Waals surface area (Å²) in [5.41, 5.74) is 3.67. The molecule has 0 saturated heterocycles.